The van der Waals surface area contributed by atoms with E-state index in [2.05, 4.69) is 22.5 Å². The lowest BCUT2D eigenvalue weighted by Gasteiger charge is -1.98. The molecular formula is C9H17BrO2. The fourth-order valence-electron chi connectivity index (χ4n) is 0.435. The first-order valence-electron chi connectivity index (χ1n) is 4.13. The zero-order valence-electron chi connectivity index (χ0n) is 7.81. The topological polar surface area (TPSA) is 26.3 Å². The number of esters is 1. The highest BCUT2D eigenvalue weighted by Crippen LogP contribution is 1.95. The first kappa shape index (κ1) is 14.2. The molecule has 0 aliphatic rings. The second kappa shape index (κ2) is 13.3. The third-order valence-electron chi connectivity index (χ3n) is 0.877. The van der Waals surface area contributed by atoms with Gasteiger partial charge in [0.15, 0.2) is 0 Å². The van der Waals surface area contributed by atoms with Gasteiger partial charge in [-0.2, -0.15) is 0 Å². The molecule has 0 aliphatic heterocycles. The van der Waals surface area contributed by atoms with E-state index in [0.717, 1.165) is 11.8 Å². The Morgan fingerprint density at radius 2 is 2.17 bits per heavy atom. The van der Waals surface area contributed by atoms with E-state index >= 15 is 0 Å². The van der Waals surface area contributed by atoms with Gasteiger partial charge in [0.25, 0.3) is 0 Å². The molecule has 0 aromatic rings. The van der Waals surface area contributed by atoms with Gasteiger partial charge in [-0.15, -0.1) is 0 Å². The fourth-order valence-corrected chi connectivity index (χ4v) is 0.716. The van der Waals surface area contributed by atoms with Crippen LogP contribution in [0.5, 0.6) is 0 Å². The standard InChI is InChI=1S/C7H11BrO2.C2H6/c1-2-6-10-7(9)4-3-5-8;1-2/h2H,1,3-6H2;1-2H3. The summed E-state index contributed by atoms with van der Waals surface area (Å²) in [5, 5.41) is 0.843. The summed E-state index contributed by atoms with van der Waals surface area (Å²) in [5.74, 6) is -0.153. The number of alkyl halides is 1. The van der Waals surface area contributed by atoms with Crippen molar-refractivity contribution in [3.05, 3.63) is 12.7 Å². The van der Waals surface area contributed by atoms with Crippen molar-refractivity contribution >= 4 is 21.9 Å². The van der Waals surface area contributed by atoms with Gasteiger partial charge < -0.3 is 4.74 Å². The number of hydrogen-bond donors (Lipinski definition) is 0. The zero-order valence-corrected chi connectivity index (χ0v) is 9.39. The lowest BCUT2D eigenvalue weighted by Crippen LogP contribution is -2.03. The van der Waals surface area contributed by atoms with Crippen LogP contribution in [0, 0.1) is 0 Å². The van der Waals surface area contributed by atoms with Crippen LogP contribution in [0.2, 0.25) is 0 Å². The third kappa shape index (κ3) is 12.4. The number of carbonyl (C=O) groups excluding carboxylic acids is 1. The molecule has 0 spiro atoms. The van der Waals surface area contributed by atoms with Crippen molar-refractivity contribution in [3.63, 3.8) is 0 Å². The van der Waals surface area contributed by atoms with Crippen LogP contribution in [0.25, 0.3) is 0 Å². The van der Waals surface area contributed by atoms with Crippen molar-refractivity contribution in [1.29, 1.82) is 0 Å². The summed E-state index contributed by atoms with van der Waals surface area (Å²) in [5.41, 5.74) is 0. The molecule has 0 fully saturated rings. The maximum Gasteiger partial charge on any atom is 0.306 e. The minimum atomic E-state index is -0.153. The number of carbonyl (C=O) groups is 1. The van der Waals surface area contributed by atoms with Crippen molar-refractivity contribution in [3.8, 4) is 0 Å². The second-order valence-corrected chi connectivity index (χ2v) is 2.56. The maximum atomic E-state index is 10.7. The molecule has 0 unspecified atom stereocenters. The highest BCUT2D eigenvalue weighted by Gasteiger charge is 1.98. The molecule has 0 rings (SSSR count). The smallest absolute Gasteiger partial charge is 0.306 e. The summed E-state index contributed by atoms with van der Waals surface area (Å²) >= 11 is 3.22. The Kier molecular flexibility index (Phi) is 15.8. The molecule has 3 heteroatoms. The summed E-state index contributed by atoms with van der Waals surface area (Å²) in [4.78, 5) is 10.7. The Balaban J connectivity index is 0. The zero-order chi connectivity index (χ0) is 9.82. The summed E-state index contributed by atoms with van der Waals surface area (Å²) in [6.07, 6.45) is 2.88. The van der Waals surface area contributed by atoms with Crippen LogP contribution in [0.15, 0.2) is 12.7 Å². The van der Waals surface area contributed by atoms with Crippen molar-refractivity contribution in [2.75, 3.05) is 11.9 Å². The van der Waals surface area contributed by atoms with Crippen molar-refractivity contribution < 1.29 is 9.53 Å². The fraction of sp³-hybridized carbons (Fsp3) is 0.667. The molecule has 0 atom stereocenters. The molecule has 0 aromatic heterocycles. The molecule has 0 heterocycles. The number of hydrogen-bond acceptors (Lipinski definition) is 2. The minimum absolute atomic E-state index is 0.153. The molecule has 0 saturated heterocycles. The van der Waals surface area contributed by atoms with Crippen LogP contribution < -0.4 is 0 Å². The highest BCUT2D eigenvalue weighted by molar-refractivity contribution is 9.09. The van der Waals surface area contributed by atoms with Crippen LogP contribution in [-0.4, -0.2) is 17.9 Å². The van der Waals surface area contributed by atoms with Gasteiger partial charge in [-0.3, -0.25) is 4.79 Å². The summed E-state index contributed by atoms with van der Waals surface area (Å²) in [6.45, 7) is 7.75. The Morgan fingerprint density at radius 1 is 1.58 bits per heavy atom. The van der Waals surface area contributed by atoms with Gasteiger partial charge in [0.05, 0.1) is 0 Å². The Hall–Kier alpha value is -0.310. The van der Waals surface area contributed by atoms with Gasteiger partial charge in [0.1, 0.15) is 6.61 Å². The summed E-state index contributed by atoms with van der Waals surface area (Å²) < 4.78 is 4.72. The maximum absolute atomic E-state index is 10.7. The molecule has 0 amide bonds. The molecule has 0 aliphatic carbocycles. The predicted molar refractivity (Wildman–Crippen MR) is 55.5 cm³/mol. The average Bonchev–Trinajstić information content (AvgIpc) is 2.14. The summed E-state index contributed by atoms with van der Waals surface area (Å²) in [6, 6.07) is 0. The van der Waals surface area contributed by atoms with Crippen LogP contribution in [0.1, 0.15) is 26.7 Å². The molecule has 0 radical (unpaired) electrons. The van der Waals surface area contributed by atoms with Gasteiger partial charge in [0, 0.05) is 11.8 Å². The average molecular weight is 237 g/mol. The minimum Gasteiger partial charge on any atom is -0.461 e. The quantitative estimate of drug-likeness (QED) is 0.417. The number of ether oxygens (including phenoxy) is 1. The van der Waals surface area contributed by atoms with E-state index in [1.807, 2.05) is 13.8 Å². The lowest BCUT2D eigenvalue weighted by atomic mass is 10.3. The Labute approximate surface area is 83.1 Å². The molecule has 0 bridgehead atoms. The van der Waals surface area contributed by atoms with E-state index in [9.17, 15) is 4.79 Å². The molecule has 72 valence electrons. The highest BCUT2D eigenvalue weighted by atomic mass is 79.9. The van der Waals surface area contributed by atoms with Gasteiger partial charge in [-0.25, -0.2) is 0 Å². The molecular weight excluding hydrogens is 220 g/mol. The van der Waals surface area contributed by atoms with Crippen molar-refractivity contribution in [1.82, 2.24) is 0 Å². The predicted octanol–water partition coefficient (Wildman–Crippen LogP) is 2.92. The molecule has 12 heavy (non-hydrogen) atoms. The van der Waals surface area contributed by atoms with Gasteiger partial charge in [-0.1, -0.05) is 42.4 Å². The second-order valence-electron chi connectivity index (χ2n) is 1.76. The molecule has 0 N–H and O–H groups in total. The lowest BCUT2D eigenvalue weighted by molar-refractivity contribution is -0.142. The Morgan fingerprint density at radius 3 is 2.58 bits per heavy atom. The first-order chi connectivity index (χ1) is 5.81. The van der Waals surface area contributed by atoms with E-state index in [1.165, 1.54) is 0 Å². The van der Waals surface area contributed by atoms with Gasteiger partial charge >= 0.3 is 5.97 Å². The van der Waals surface area contributed by atoms with Crippen molar-refractivity contribution in [2.24, 2.45) is 0 Å². The number of halogens is 1. The van der Waals surface area contributed by atoms with Crippen LogP contribution in [0.4, 0.5) is 0 Å². The largest absolute Gasteiger partial charge is 0.461 e. The van der Waals surface area contributed by atoms with E-state index in [1.54, 1.807) is 6.08 Å². The van der Waals surface area contributed by atoms with E-state index in [0.29, 0.717) is 13.0 Å². The normalized spacial score (nSPS) is 7.92. The van der Waals surface area contributed by atoms with Crippen molar-refractivity contribution in [2.45, 2.75) is 26.7 Å². The van der Waals surface area contributed by atoms with E-state index in [4.69, 9.17) is 4.74 Å². The molecule has 0 saturated carbocycles. The van der Waals surface area contributed by atoms with Crippen LogP contribution in [0.3, 0.4) is 0 Å². The monoisotopic (exact) mass is 236 g/mol. The van der Waals surface area contributed by atoms with Gasteiger partial charge in [0.2, 0.25) is 0 Å². The molecule has 0 aromatic carbocycles. The van der Waals surface area contributed by atoms with Gasteiger partial charge in [-0.05, 0) is 6.42 Å². The number of rotatable bonds is 5. The van der Waals surface area contributed by atoms with Crippen LogP contribution in [-0.2, 0) is 9.53 Å². The molecule has 2 nitrogen and oxygen atoms in total. The SMILES string of the molecule is C=CCOC(=O)CCCBr.CC. The van der Waals surface area contributed by atoms with E-state index < -0.39 is 0 Å². The third-order valence-corrected chi connectivity index (χ3v) is 1.44. The van der Waals surface area contributed by atoms with E-state index in [-0.39, 0.29) is 5.97 Å². The summed E-state index contributed by atoms with van der Waals surface area (Å²) in [7, 11) is 0. The Bertz CT molecular complexity index is 113. The van der Waals surface area contributed by atoms with Crippen LogP contribution >= 0.6 is 15.9 Å². The first-order valence-corrected chi connectivity index (χ1v) is 5.26.